The summed E-state index contributed by atoms with van der Waals surface area (Å²) in [6, 6.07) is 7.46. The van der Waals surface area contributed by atoms with E-state index in [9.17, 15) is 0 Å². The summed E-state index contributed by atoms with van der Waals surface area (Å²) in [6.07, 6.45) is 1.11. The van der Waals surface area contributed by atoms with Crippen LogP contribution in [0.3, 0.4) is 0 Å². The first-order chi connectivity index (χ1) is 5.24. The predicted molar refractivity (Wildman–Crippen MR) is 46.8 cm³/mol. The van der Waals surface area contributed by atoms with Gasteiger partial charge in [0.05, 0.1) is 0 Å². The van der Waals surface area contributed by atoms with E-state index in [4.69, 9.17) is 5.11 Å². The molecular formula is C10H14AcO. The van der Waals surface area contributed by atoms with E-state index in [1.165, 1.54) is 5.56 Å². The van der Waals surface area contributed by atoms with Gasteiger partial charge in [-0.05, 0) is 30.0 Å². The van der Waals surface area contributed by atoms with Crippen LogP contribution < -0.4 is 0 Å². The Labute approximate surface area is 110 Å². The monoisotopic (exact) mass is 377 g/mol. The molecule has 1 rings (SSSR count). The van der Waals surface area contributed by atoms with Crippen LogP contribution in [0.15, 0.2) is 24.3 Å². The van der Waals surface area contributed by atoms with E-state index in [0.29, 0.717) is 11.7 Å². The van der Waals surface area contributed by atoms with Gasteiger partial charge in [0.2, 0.25) is 0 Å². The Balaban J connectivity index is 0.00000121. The summed E-state index contributed by atoms with van der Waals surface area (Å²) < 4.78 is 0. The molecule has 0 heterocycles. The summed E-state index contributed by atoms with van der Waals surface area (Å²) in [5.41, 5.74) is 1.22. The summed E-state index contributed by atoms with van der Waals surface area (Å²) in [6.45, 7) is 4.31. The minimum Gasteiger partial charge on any atom is -0.508 e. The minimum absolute atomic E-state index is 0. The van der Waals surface area contributed by atoms with E-state index in [1.807, 2.05) is 18.2 Å². The normalized spacial score (nSPS) is 11.8. The van der Waals surface area contributed by atoms with E-state index in [0.717, 1.165) is 6.42 Å². The van der Waals surface area contributed by atoms with Crippen LogP contribution in [0.1, 0.15) is 31.7 Å². The molecule has 0 fully saturated rings. The Hall–Kier alpha value is 0.462. The van der Waals surface area contributed by atoms with Crippen LogP contribution >= 0.6 is 0 Å². The van der Waals surface area contributed by atoms with Crippen molar-refractivity contribution < 1.29 is 49.2 Å². The van der Waals surface area contributed by atoms with E-state index >= 15 is 0 Å². The molecular weight excluding hydrogens is 363 g/mol. The Morgan fingerprint density at radius 3 is 2.58 bits per heavy atom. The second-order valence-corrected chi connectivity index (χ2v) is 2.90. The van der Waals surface area contributed by atoms with Gasteiger partial charge in [-0.2, -0.15) is 0 Å². The third-order valence-electron chi connectivity index (χ3n) is 2.05. The molecule has 0 aliphatic rings. The van der Waals surface area contributed by atoms with Gasteiger partial charge in [-0.3, -0.25) is 0 Å². The fourth-order valence-electron chi connectivity index (χ4n) is 1.07. The largest absolute Gasteiger partial charge is 0.508 e. The van der Waals surface area contributed by atoms with Crippen molar-refractivity contribution in [3.63, 3.8) is 0 Å². The van der Waals surface area contributed by atoms with Gasteiger partial charge >= 0.3 is 0 Å². The van der Waals surface area contributed by atoms with Crippen molar-refractivity contribution >= 4 is 0 Å². The number of phenols is 1. The molecule has 1 atom stereocenters. The molecule has 0 spiro atoms. The SMILES string of the molecule is CCC(C)c1cccc(O)c1.[Ac]. The molecule has 1 N–H and O–H groups in total. The van der Waals surface area contributed by atoms with Crippen molar-refractivity contribution in [3.8, 4) is 5.75 Å². The number of aromatic hydroxyl groups is 1. The zero-order valence-corrected chi connectivity index (χ0v) is 12.4. The van der Waals surface area contributed by atoms with Crippen molar-refractivity contribution in [3.05, 3.63) is 29.8 Å². The predicted octanol–water partition coefficient (Wildman–Crippen LogP) is 2.91. The smallest absolute Gasteiger partial charge is 0.115 e. The Morgan fingerprint density at radius 2 is 2.08 bits per heavy atom. The van der Waals surface area contributed by atoms with Crippen LogP contribution in [-0.2, 0) is 0 Å². The molecule has 0 bridgehead atoms. The fourth-order valence-corrected chi connectivity index (χ4v) is 1.07. The first kappa shape index (κ1) is 12.5. The van der Waals surface area contributed by atoms with Crippen LogP contribution in [0, 0.1) is 44.1 Å². The van der Waals surface area contributed by atoms with Crippen LogP contribution in [-0.4, -0.2) is 5.11 Å². The Morgan fingerprint density at radius 1 is 1.42 bits per heavy atom. The van der Waals surface area contributed by atoms with Crippen molar-refractivity contribution in [1.29, 1.82) is 0 Å². The number of benzene rings is 1. The summed E-state index contributed by atoms with van der Waals surface area (Å²) in [4.78, 5) is 0. The molecule has 1 radical (unpaired) electrons. The van der Waals surface area contributed by atoms with Crippen LogP contribution in [0.4, 0.5) is 0 Å². The second kappa shape index (κ2) is 6.00. The van der Waals surface area contributed by atoms with Crippen LogP contribution in [0.2, 0.25) is 0 Å². The van der Waals surface area contributed by atoms with E-state index < -0.39 is 0 Å². The van der Waals surface area contributed by atoms with Gasteiger partial charge < -0.3 is 5.11 Å². The van der Waals surface area contributed by atoms with Crippen LogP contribution in [0.25, 0.3) is 0 Å². The molecule has 0 saturated carbocycles. The van der Waals surface area contributed by atoms with E-state index in [1.54, 1.807) is 6.07 Å². The summed E-state index contributed by atoms with van der Waals surface area (Å²) in [7, 11) is 0. The summed E-state index contributed by atoms with van der Waals surface area (Å²) in [5.74, 6) is 0.907. The molecule has 12 heavy (non-hydrogen) atoms. The van der Waals surface area contributed by atoms with Gasteiger partial charge in [-0.25, -0.2) is 0 Å². The Kier molecular flexibility index (Phi) is 6.23. The molecule has 1 unspecified atom stereocenters. The van der Waals surface area contributed by atoms with Crippen molar-refractivity contribution in [2.75, 3.05) is 0 Å². The number of rotatable bonds is 2. The first-order valence-electron chi connectivity index (χ1n) is 4.03. The third kappa shape index (κ3) is 3.46. The minimum atomic E-state index is 0. The maximum atomic E-state index is 9.16. The van der Waals surface area contributed by atoms with E-state index in [-0.39, 0.29) is 44.1 Å². The number of phenolic OH excluding ortho intramolecular Hbond substituents is 1. The third-order valence-corrected chi connectivity index (χ3v) is 2.05. The molecule has 1 nitrogen and oxygen atoms in total. The molecule has 63 valence electrons. The number of hydrogen-bond donors (Lipinski definition) is 1. The zero-order valence-electron chi connectivity index (χ0n) is 7.62. The molecule has 0 aliphatic carbocycles. The van der Waals surface area contributed by atoms with Gasteiger partial charge in [0.1, 0.15) is 5.75 Å². The van der Waals surface area contributed by atoms with Gasteiger partial charge in [0.25, 0.3) is 0 Å². The maximum Gasteiger partial charge on any atom is 0.115 e. The average Bonchev–Trinajstić information content (AvgIpc) is 2.03. The van der Waals surface area contributed by atoms with Crippen molar-refractivity contribution in [2.45, 2.75) is 26.2 Å². The summed E-state index contributed by atoms with van der Waals surface area (Å²) >= 11 is 0. The molecule has 0 aromatic heterocycles. The fraction of sp³-hybridized carbons (Fsp3) is 0.400. The van der Waals surface area contributed by atoms with Gasteiger partial charge in [0.15, 0.2) is 0 Å². The maximum absolute atomic E-state index is 9.16. The quantitative estimate of drug-likeness (QED) is 0.841. The topological polar surface area (TPSA) is 20.2 Å². The molecule has 0 aliphatic heterocycles. The van der Waals surface area contributed by atoms with Gasteiger partial charge in [-0.15, -0.1) is 0 Å². The second-order valence-electron chi connectivity index (χ2n) is 2.90. The van der Waals surface area contributed by atoms with Gasteiger partial charge in [0, 0.05) is 44.1 Å². The summed E-state index contributed by atoms with van der Waals surface area (Å²) in [5, 5.41) is 9.16. The molecule has 1 aromatic carbocycles. The number of hydrogen-bond acceptors (Lipinski definition) is 1. The molecule has 0 saturated heterocycles. The Bertz CT molecular complexity index is 235. The molecule has 1 aromatic rings. The van der Waals surface area contributed by atoms with Crippen molar-refractivity contribution in [2.24, 2.45) is 0 Å². The van der Waals surface area contributed by atoms with Gasteiger partial charge in [-0.1, -0.05) is 26.0 Å². The first-order valence-corrected chi connectivity index (χ1v) is 4.03. The molecule has 0 amide bonds. The standard InChI is InChI=1S/C10H14O.Ac/c1-3-8(2)9-5-4-6-10(11)7-9;/h4-8,11H,3H2,1-2H3;. The van der Waals surface area contributed by atoms with Crippen molar-refractivity contribution in [1.82, 2.24) is 0 Å². The van der Waals surface area contributed by atoms with E-state index in [2.05, 4.69) is 13.8 Å². The van der Waals surface area contributed by atoms with Crippen LogP contribution in [0.5, 0.6) is 5.75 Å². The zero-order chi connectivity index (χ0) is 8.27. The molecule has 2 heteroatoms. The average molecular weight is 377 g/mol.